The van der Waals surface area contributed by atoms with Crippen molar-refractivity contribution < 1.29 is 4.79 Å². The average Bonchev–Trinajstić information content (AvgIpc) is 2.90. The van der Waals surface area contributed by atoms with Crippen LogP contribution in [0.2, 0.25) is 0 Å². The third-order valence-corrected chi connectivity index (χ3v) is 3.62. The summed E-state index contributed by atoms with van der Waals surface area (Å²) in [6.45, 7) is 3.21. The molecule has 1 fully saturated rings. The zero-order valence-corrected chi connectivity index (χ0v) is 12.8. The first-order chi connectivity index (χ1) is 9.77. The fourth-order valence-corrected chi connectivity index (χ4v) is 2.57. The van der Waals surface area contributed by atoms with E-state index in [1.165, 1.54) is 0 Å². The van der Waals surface area contributed by atoms with Crippen LogP contribution in [0.1, 0.15) is 10.4 Å². The number of carbonyl (C=O) groups excluding carboxylic acids is 1. The van der Waals surface area contributed by atoms with Crippen molar-refractivity contribution in [3.63, 3.8) is 0 Å². The Balaban J connectivity index is 0.00000161. The third kappa shape index (κ3) is 3.09. The number of nitrogens with one attached hydrogen (secondary N) is 1. The summed E-state index contributed by atoms with van der Waals surface area (Å²) in [4.78, 5) is 14.5. The highest BCUT2D eigenvalue weighted by atomic mass is 35.5. The molecule has 1 aromatic carbocycles. The standard InChI is InChI=1S/C15H18N4O.ClH/c1-18-14(12-5-3-2-4-6-12)13(11-17-18)15(20)19-9-7-16-8-10-19;/h2-6,11,16H,7-10H2,1H3;1H. The van der Waals surface area contributed by atoms with E-state index in [2.05, 4.69) is 10.4 Å². The molecular weight excluding hydrogens is 288 g/mol. The van der Waals surface area contributed by atoms with Crippen molar-refractivity contribution in [2.75, 3.05) is 26.2 Å². The lowest BCUT2D eigenvalue weighted by Crippen LogP contribution is -2.46. The minimum Gasteiger partial charge on any atom is -0.336 e. The van der Waals surface area contributed by atoms with E-state index in [9.17, 15) is 4.79 Å². The molecule has 2 aromatic rings. The number of piperazine rings is 1. The summed E-state index contributed by atoms with van der Waals surface area (Å²) >= 11 is 0. The monoisotopic (exact) mass is 306 g/mol. The normalized spacial score (nSPS) is 14.6. The molecule has 5 nitrogen and oxygen atoms in total. The Kier molecular flexibility index (Phi) is 4.98. The molecule has 2 heterocycles. The maximum absolute atomic E-state index is 12.7. The molecule has 0 atom stereocenters. The first-order valence-corrected chi connectivity index (χ1v) is 6.85. The zero-order valence-electron chi connectivity index (χ0n) is 12.0. The number of hydrogen-bond acceptors (Lipinski definition) is 3. The van der Waals surface area contributed by atoms with Gasteiger partial charge in [-0.05, 0) is 0 Å². The van der Waals surface area contributed by atoms with E-state index in [-0.39, 0.29) is 18.3 Å². The zero-order chi connectivity index (χ0) is 13.9. The Hall–Kier alpha value is -1.85. The Morgan fingerprint density at radius 2 is 1.86 bits per heavy atom. The van der Waals surface area contributed by atoms with Gasteiger partial charge in [-0.3, -0.25) is 9.48 Å². The van der Waals surface area contributed by atoms with E-state index < -0.39 is 0 Å². The maximum Gasteiger partial charge on any atom is 0.257 e. The molecule has 1 aliphatic rings. The van der Waals surface area contributed by atoms with Gasteiger partial charge in [0.05, 0.1) is 17.5 Å². The second-order valence-electron chi connectivity index (χ2n) is 4.94. The fraction of sp³-hybridized carbons (Fsp3) is 0.333. The smallest absolute Gasteiger partial charge is 0.257 e. The van der Waals surface area contributed by atoms with Gasteiger partial charge in [-0.25, -0.2) is 0 Å². The van der Waals surface area contributed by atoms with Crippen molar-refractivity contribution in [3.8, 4) is 11.3 Å². The molecule has 0 unspecified atom stereocenters. The van der Waals surface area contributed by atoms with Crippen molar-refractivity contribution in [3.05, 3.63) is 42.1 Å². The first-order valence-electron chi connectivity index (χ1n) is 6.85. The summed E-state index contributed by atoms with van der Waals surface area (Å²) in [7, 11) is 1.87. The second kappa shape index (κ2) is 6.74. The van der Waals surface area contributed by atoms with Crippen LogP contribution < -0.4 is 5.32 Å². The van der Waals surface area contributed by atoms with Crippen molar-refractivity contribution in [1.29, 1.82) is 0 Å². The average molecular weight is 307 g/mol. The number of nitrogens with zero attached hydrogens (tertiary/aromatic N) is 3. The van der Waals surface area contributed by atoms with Crippen LogP contribution in [0, 0.1) is 0 Å². The van der Waals surface area contributed by atoms with Crippen LogP contribution in [0.3, 0.4) is 0 Å². The molecule has 0 radical (unpaired) electrons. The topological polar surface area (TPSA) is 50.2 Å². The minimum absolute atomic E-state index is 0. The predicted molar refractivity (Wildman–Crippen MR) is 84.7 cm³/mol. The second-order valence-corrected chi connectivity index (χ2v) is 4.94. The van der Waals surface area contributed by atoms with Gasteiger partial charge < -0.3 is 10.2 Å². The SMILES string of the molecule is Cl.Cn1ncc(C(=O)N2CCNCC2)c1-c1ccccc1. The number of amides is 1. The maximum atomic E-state index is 12.7. The molecule has 1 saturated heterocycles. The van der Waals surface area contributed by atoms with Crippen molar-refractivity contribution in [2.24, 2.45) is 7.05 Å². The number of rotatable bonds is 2. The first kappa shape index (κ1) is 15.5. The van der Waals surface area contributed by atoms with Gasteiger partial charge in [0.15, 0.2) is 0 Å². The third-order valence-electron chi connectivity index (χ3n) is 3.62. The Morgan fingerprint density at radius 1 is 1.19 bits per heavy atom. The van der Waals surface area contributed by atoms with Gasteiger partial charge in [0.2, 0.25) is 0 Å². The number of benzene rings is 1. The largest absolute Gasteiger partial charge is 0.336 e. The van der Waals surface area contributed by atoms with Gasteiger partial charge in [0.1, 0.15) is 0 Å². The number of carbonyl (C=O) groups is 1. The van der Waals surface area contributed by atoms with Gasteiger partial charge in [0, 0.05) is 38.8 Å². The molecule has 0 bridgehead atoms. The molecule has 1 N–H and O–H groups in total. The van der Waals surface area contributed by atoms with Gasteiger partial charge in [0.25, 0.3) is 5.91 Å². The number of aryl methyl sites for hydroxylation is 1. The summed E-state index contributed by atoms with van der Waals surface area (Å²) in [6, 6.07) is 9.93. The van der Waals surface area contributed by atoms with E-state index in [0.29, 0.717) is 5.56 Å². The van der Waals surface area contributed by atoms with E-state index in [1.807, 2.05) is 42.3 Å². The summed E-state index contributed by atoms with van der Waals surface area (Å²) < 4.78 is 1.77. The van der Waals surface area contributed by atoms with E-state index >= 15 is 0 Å². The summed E-state index contributed by atoms with van der Waals surface area (Å²) in [5.74, 6) is 0.0680. The van der Waals surface area contributed by atoms with E-state index in [4.69, 9.17) is 0 Å². The Bertz CT molecular complexity index is 605. The molecular formula is C15H19ClN4O. The molecule has 1 aromatic heterocycles. The highest BCUT2D eigenvalue weighted by Crippen LogP contribution is 2.24. The highest BCUT2D eigenvalue weighted by Gasteiger charge is 2.23. The Labute approximate surface area is 130 Å². The quantitative estimate of drug-likeness (QED) is 0.916. The van der Waals surface area contributed by atoms with Crippen LogP contribution in [-0.2, 0) is 7.05 Å². The molecule has 1 amide bonds. The molecule has 3 rings (SSSR count). The van der Waals surface area contributed by atoms with Crippen LogP contribution in [0.4, 0.5) is 0 Å². The summed E-state index contributed by atoms with van der Waals surface area (Å²) in [5, 5.41) is 7.52. The van der Waals surface area contributed by atoms with Crippen LogP contribution in [-0.4, -0.2) is 46.8 Å². The summed E-state index contributed by atoms with van der Waals surface area (Å²) in [5.41, 5.74) is 2.58. The van der Waals surface area contributed by atoms with Crippen LogP contribution >= 0.6 is 12.4 Å². The molecule has 6 heteroatoms. The van der Waals surface area contributed by atoms with Gasteiger partial charge in [-0.2, -0.15) is 5.10 Å². The molecule has 21 heavy (non-hydrogen) atoms. The van der Waals surface area contributed by atoms with Crippen LogP contribution in [0.15, 0.2) is 36.5 Å². The fourth-order valence-electron chi connectivity index (χ4n) is 2.57. The lowest BCUT2D eigenvalue weighted by atomic mass is 10.1. The van der Waals surface area contributed by atoms with E-state index in [0.717, 1.165) is 37.4 Å². The Morgan fingerprint density at radius 3 is 2.52 bits per heavy atom. The summed E-state index contributed by atoms with van der Waals surface area (Å²) in [6.07, 6.45) is 1.67. The lowest BCUT2D eigenvalue weighted by Gasteiger charge is -2.27. The number of aromatic nitrogens is 2. The minimum atomic E-state index is 0. The highest BCUT2D eigenvalue weighted by molar-refractivity contribution is 6.00. The van der Waals surface area contributed by atoms with Gasteiger partial charge in [-0.15, -0.1) is 12.4 Å². The lowest BCUT2D eigenvalue weighted by molar-refractivity contribution is 0.0736. The van der Waals surface area contributed by atoms with Crippen LogP contribution in [0.5, 0.6) is 0 Å². The van der Waals surface area contributed by atoms with Crippen molar-refractivity contribution >= 4 is 18.3 Å². The van der Waals surface area contributed by atoms with E-state index in [1.54, 1.807) is 10.9 Å². The number of hydrogen-bond donors (Lipinski definition) is 1. The molecule has 112 valence electrons. The molecule has 0 aliphatic carbocycles. The van der Waals surface area contributed by atoms with Crippen LogP contribution in [0.25, 0.3) is 11.3 Å². The predicted octanol–water partition coefficient (Wildman–Crippen LogP) is 1.55. The molecule has 0 spiro atoms. The van der Waals surface area contributed by atoms with Crippen molar-refractivity contribution in [2.45, 2.75) is 0 Å². The molecule has 1 aliphatic heterocycles. The number of halogens is 1. The molecule has 0 saturated carbocycles. The van der Waals surface area contributed by atoms with Gasteiger partial charge in [-0.1, -0.05) is 30.3 Å². The van der Waals surface area contributed by atoms with Crippen molar-refractivity contribution in [1.82, 2.24) is 20.0 Å². The van der Waals surface area contributed by atoms with Gasteiger partial charge >= 0.3 is 0 Å².